The molecule has 1 saturated carbocycles. The Hall–Kier alpha value is -2.41. The van der Waals surface area contributed by atoms with E-state index in [4.69, 9.17) is 4.74 Å². The second-order valence-electron chi connectivity index (χ2n) is 6.26. The highest BCUT2D eigenvalue weighted by Crippen LogP contribution is 2.29. The zero-order valence-corrected chi connectivity index (χ0v) is 14.1. The maximum atomic E-state index is 13.5. The second kappa shape index (κ2) is 7.65. The van der Waals surface area contributed by atoms with Crippen molar-refractivity contribution in [1.82, 2.24) is 14.9 Å². The van der Waals surface area contributed by atoms with Crippen molar-refractivity contribution < 1.29 is 19.0 Å². The predicted octanol–water partition coefficient (Wildman–Crippen LogP) is 1.98. The van der Waals surface area contributed by atoms with Gasteiger partial charge in [-0.2, -0.15) is 0 Å². The monoisotopic (exact) mass is 347 g/mol. The molecular formula is C18H22FN3O3. The first-order chi connectivity index (χ1) is 12.1. The second-order valence-corrected chi connectivity index (χ2v) is 6.26. The van der Waals surface area contributed by atoms with Gasteiger partial charge in [-0.1, -0.05) is 12.1 Å². The van der Waals surface area contributed by atoms with E-state index in [2.05, 4.69) is 10.3 Å². The highest BCUT2D eigenvalue weighted by molar-refractivity contribution is 5.77. The molecule has 7 heteroatoms. The summed E-state index contributed by atoms with van der Waals surface area (Å²) in [5.41, 5.74) is 0. The van der Waals surface area contributed by atoms with Gasteiger partial charge in [0.05, 0.1) is 18.2 Å². The zero-order chi connectivity index (χ0) is 17.8. The molecule has 1 heterocycles. The third-order valence-electron chi connectivity index (χ3n) is 4.58. The fraction of sp³-hybridized carbons (Fsp3) is 0.444. The van der Waals surface area contributed by atoms with Crippen LogP contribution in [0.25, 0.3) is 0 Å². The van der Waals surface area contributed by atoms with Gasteiger partial charge in [0.15, 0.2) is 18.2 Å². The number of nitrogens with zero attached hydrogens (tertiary/aromatic N) is 2. The van der Waals surface area contributed by atoms with Crippen LogP contribution in [0.2, 0.25) is 0 Å². The van der Waals surface area contributed by atoms with Crippen LogP contribution in [-0.4, -0.2) is 39.3 Å². The molecule has 0 bridgehead atoms. The summed E-state index contributed by atoms with van der Waals surface area (Å²) >= 11 is 0. The van der Waals surface area contributed by atoms with Crippen molar-refractivity contribution in [3.05, 3.63) is 48.3 Å². The number of hydrogen-bond donors (Lipinski definition) is 2. The van der Waals surface area contributed by atoms with E-state index in [1.807, 2.05) is 17.7 Å². The van der Waals surface area contributed by atoms with E-state index in [1.54, 1.807) is 18.3 Å². The number of ether oxygens (including phenoxy) is 1. The lowest BCUT2D eigenvalue weighted by Gasteiger charge is -2.36. The molecule has 2 N–H and O–H groups in total. The number of aliphatic hydroxyl groups excluding tert-OH is 1. The minimum atomic E-state index is -0.709. The number of aliphatic hydroxyl groups is 1. The Morgan fingerprint density at radius 3 is 2.96 bits per heavy atom. The molecule has 1 aliphatic rings. The molecule has 134 valence electrons. The van der Waals surface area contributed by atoms with Gasteiger partial charge in [-0.3, -0.25) is 4.79 Å². The van der Waals surface area contributed by atoms with Gasteiger partial charge >= 0.3 is 0 Å². The number of rotatable bonds is 5. The Balaban J connectivity index is 1.57. The van der Waals surface area contributed by atoms with Gasteiger partial charge in [0.2, 0.25) is 0 Å². The fourth-order valence-corrected chi connectivity index (χ4v) is 3.31. The van der Waals surface area contributed by atoms with Crippen molar-refractivity contribution >= 4 is 5.91 Å². The van der Waals surface area contributed by atoms with Gasteiger partial charge in [-0.25, -0.2) is 9.37 Å². The topological polar surface area (TPSA) is 76.4 Å². The van der Waals surface area contributed by atoms with Crippen molar-refractivity contribution in [3.8, 4) is 5.75 Å². The summed E-state index contributed by atoms with van der Waals surface area (Å²) < 4.78 is 20.7. The van der Waals surface area contributed by atoms with Gasteiger partial charge < -0.3 is 19.7 Å². The lowest BCUT2D eigenvalue weighted by molar-refractivity contribution is -0.125. The number of amides is 1. The standard InChI is InChI=1S/C18H22FN3O3/c1-12-20-9-10-22(12)15-7-4-6-14(18(15)24)21-17(23)11-25-16-8-3-2-5-13(16)19/h2-3,5,8-10,14-15,18,24H,4,6-7,11H2,1H3,(H,21,23)/t14-,15-,18-/m1/s1. The van der Waals surface area contributed by atoms with Crippen LogP contribution in [0.15, 0.2) is 36.7 Å². The van der Waals surface area contributed by atoms with Crippen molar-refractivity contribution in [3.63, 3.8) is 0 Å². The number of para-hydroxylation sites is 1. The zero-order valence-electron chi connectivity index (χ0n) is 14.1. The highest BCUT2D eigenvalue weighted by atomic mass is 19.1. The number of imidazole rings is 1. The number of aryl methyl sites for hydroxylation is 1. The van der Waals surface area contributed by atoms with Gasteiger partial charge in [0.1, 0.15) is 5.82 Å². The number of hydrogen-bond acceptors (Lipinski definition) is 4. The van der Waals surface area contributed by atoms with Gasteiger partial charge in [0, 0.05) is 12.4 Å². The molecule has 0 spiro atoms. The largest absolute Gasteiger partial charge is 0.481 e. The van der Waals surface area contributed by atoms with E-state index in [0.717, 1.165) is 18.7 Å². The first-order valence-electron chi connectivity index (χ1n) is 8.40. The number of nitrogens with one attached hydrogen (secondary N) is 1. The minimum Gasteiger partial charge on any atom is -0.481 e. The maximum absolute atomic E-state index is 13.5. The molecule has 1 aliphatic carbocycles. The minimum absolute atomic E-state index is 0.0359. The summed E-state index contributed by atoms with van der Waals surface area (Å²) in [6.45, 7) is 1.59. The molecule has 0 saturated heterocycles. The highest BCUT2D eigenvalue weighted by Gasteiger charge is 2.34. The van der Waals surface area contributed by atoms with Crippen molar-refractivity contribution in [2.24, 2.45) is 0 Å². The lowest BCUT2D eigenvalue weighted by atomic mass is 9.87. The lowest BCUT2D eigenvalue weighted by Crippen LogP contribution is -2.50. The van der Waals surface area contributed by atoms with Crippen LogP contribution in [0.1, 0.15) is 31.1 Å². The summed E-state index contributed by atoms with van der Waals surface area (Å²) in [5, 5.41) is 13.4. The first kappa shape index (κ1) is 17.4. The molecule has 6 nitrogen and oxygen atoms in total. The van der Waals surface area contributed by atoms with E-state index < -0.39 is 11.9 Å². The Kier molecular flexibility index (Phi) is 5.33. The van der Waals surface area contributed by atoms with E-state index >= 15 is 0 Å². The Bertz CT molecular complexity index is 734. The van der Waals surface area contributed by atoms with Crippen LogP contribution in [0.4, 0.5) is 4.39 Å². The van der Waals surface area contributed by atoms with Crippen LogP contribution < -0.4 is 10.1 Å². The number of aromatic nitrogens is 2. The van der Waals surface area contributed by atoms with E-state index in [1.165, 1.54) is 12.1 Å². The molecule has 1 aromatic carbocycles. The van der Waals surface area contributed by atoms with Gasteiger partial charge in [-0.15, -0.1) is 0 Å². The van der Waals surface area contributed by atoms with Crippen LogP contribution in [0.5, 0.6) is 5.75 Å². The predicted molar refractivity (Wildman–Crippen MR) is 89.7 cm³/mol. The Labute approximate surface area is 145 Å². The molecule has 1 amide bonds. The number of halogens is 1. The SMILES string of the molecule is Cc1nccn1[C@@H]1CCC[C@@H](NC(=O)COc2ccccc2F)[C@H]1O. The van der Waals surface area contributed by atoms with Crippen molar-refractivity contribution in [1.29, 1.82) is 0 Å². The van der Waals surface area contributed by atoms with Crippen LogP contribution >= 0.6 is 0 Å². The fourth-order valence-electron chi connectivity index (χ4n) is 3.31. The van der Waals surface area contributed by atoms with Crippen molar-refractivity contribution in [2.75, 3.05) is 6.61 Å². The Morgan fingerprint density at radius 1 is 1.44 bits per heavy atom. The molecule has 3 atom stereocenters. The van der Waals surface area contributed by atoms with E-state index in [0.29, 0.717) is 6.42 Å². The van der Waals surface area contributed by atoms with Crippen LogP contribution in [0, 0.1) is 12.7 Å². The molecule has 0 aliphatic heterocycles. The summed E-state index contributed by atoms with van der Waals surface area (Å²) in [7, 11) is 0. The molecule has 2 aromatic rings. The van der Waals surface area contributed by atoms with Crippen LogP contribution in [-0.2, 0) is 4.79 Å². The third-order valence-corrected chi connectivity index (χ3v) is 4.58. The molecule has 1 fully saturated rings. The van der Waals surface area contributed by atoms with E-state index in [9.17, 15) is 14.3 Å². The third kappa shape index (κ3) is 3.99. The summed E-state index contributed by atoms with van der Waals surface area (Å²) in [5.74, 6) is -0.0216. The normalized spacial score (nSPS) is 23.2. The average Bonchev–Trinajstić information content (AvgIpc) is 3.02. The first-order valence-corrected chi connectivity index (χ1v) is 8.40. The van der Waals surface area contributed by atoms with Crippen LogP contribution in [0.3, 0.4) is 0 Å². The van der Waals surface area contributed by atoms with Crippen molar-refractivity contribution in [2.45, 2.75) is 44.4 Å². The Morgan fingerprint density at radius 2 is 2.24 bits per heavy atom. The molecule has 3 rings (SSSR count). The molecule has 0 radical (unpaired) electrons. The molecule has 0 unspecified atom stereocenters. The summed E-state index contributed by atoms with van der Waals surface area (Å²) in [6, 6.07) is 5.45. The van der Waals surface area contributed by atoms with E-state index in [-0.39, 0.29) is 30.3 Å². The number of carbonyl (C=O) groups is 1. The molecular weight excluding hydrogens is 325 g/mol. The van der Waals surface area contributed by atoms with Gasteiger partial charge in [-0.05, 0) is 38.3 Å². The quantitative estimate of drug-likeness (QED) is 0.867. The average molecular weight is 347 g/mol. The maximum Gasteiger partial charge on any atom is 0.258 e. The van der Waals surface area contributed by atoms with Gasteiger partial charge in [0.25, 0.3) is 5.91 Å². The smallest absolute Gasteiger partial charge is 0.258 e. The number of carbonyl (C=O) groups excluding carboxylic acids is 1. The summed E-state index contributed by atoms with van der Waals surface area (Å²) in [6.07, 6.45) is 5.24. The molecule has 1 aromatic heterocycles. The number of benzene rings is 1. The summed E-state index contributed by atoms with van der Waals surface area (Å²) in [4.78, 5) is 16.3. The molecule has 25 heavy (non-hydrogen) atoms.